The quantitative estimate of drug-likeness (QED) is 0.735. The van der Waals surface area contributed by atoms with E-state index in [1.807, 2.05) is 13.8 Å². The molecule has 0 saturated carbocycles. The van der Waals surface area contributed by atoms with Crippen molar-refractivity contribution in [2.75, 3.05) is 12.3 Å². The molecule has 0 aliphatic carbocycles. The van der Waals surface area contributed by atoms with Crippen LogP contribution in [0, 0.1) is 0 Å². The molecule has 0 aliphatic rings. The van der Waals surface area contributed by atoms with Gasteiger partial charge in [-0.15, -0.1) is 0 Å². The lowest BCUT2D eigenvalue weighted by atomic mass is 10.5. The number of hydrogen-bond acceptors (Lipinski definition) is 4. The lowest BCUT2D eigenvalue weighted by molar-refractivity contribution is 0.582. The number of nitrogens with zero attached hydrogens (tertiary/aromatic N) is 4. The number of fused-ring (bicyclic) bond motifs is 1. The highest BCUT2D eigenvalue weighted by molar-refractivity contribution is 7.71. The Morgan fingerprint density at radius 3 is 2.71 bits per heavy atom. The maximum absolute atomic E-state index is 12.7. The van der Waals surface area contributed by atoms with Crippen LogP contribution in [-0.4, -0.2) is 36.7 Å². The van der Waals surface area contributed by atoms with Crippen molar-refractivity contribution in [1.82, 2.24) is 24.4 Å². The van der Waals surface area contributed by atoms with Crippen LogP contribution in [0.5, 0.6) is 0 Å². The second kappa shape index (κ2) is 5.00. The van der Waals surface area contributed by atoms with Gasteiger partial charge in [-0.1, -0.05) is 13.8 Å². The summed E-state index contributed by atoms with van der Waals surface area (Å²) in [5, 5.41) is 9.19. The smallest absolute Gasteiger partial charge is 0.251 e. The van der Waals surface area contributed by atoms with Gasteiger partial charge in [0.1, 0.15) is 12.8 Å². The van der Waals surface area contributed by atoms with Crippen LogP contribution in [0.2, 0.25) is 0 Å². The van der Waals surface area contributed by atoms with Crippen molar-refractivity contribution in [3.63, 3.8) is 0 Å². The summed E-state index contributed by atoms with van der Waals surface area (Å²) in [4.78, 5) is 14.2. The van der Waals surface area contributed by atoms with Gasteiger partial charge in [-0.3, -0.25) is 4.79 Å². The Hall–Kier alpha value is -2.14. The van der Waals surface area contributed by atoms with E-state index in [4.69, 9.17) is 0 Å². The maximum atomic E-state index is 12.7. The molecular weight excluding hydrogens is 289 g/mol. The number of aromatic nitrogens is 5. The average molecular weight is 305 g/mol. The molecule has 0 atom stereocenters. The zero-order chi connectivity index (χ0) is 15.0. The zero-order valence-corrected chi connectivity index (χ0v) is 12.7. The van der Waals surface area contributed by atoms with Gasteiger partial charge in [-0.2, -0.15) is 10.2 Å². The van der Waals surface area contributed by atoms with Crippen LogP contribution >= 0.6 is 7.14 Å². The van der Waals surface area contributed by atoms with Gasteiger partial charge in [0.15, 0.2) is 5.65 Å². The fraction of sp³-hybridized carbons (Fsp3) is 0.308. The summed E-state index contributed by atoms with van der Waals surface area (Å²) in [6.45, 7) is 3.85. The third-order valence-electron chi connectivity index (χ3n) is 3.69. The second-order valence-electron chi connectivity index (χ2n) is 4.79. The standard InChI is InChI=1S/C13H16N5O2P/c1-3-21(20,4-2)10-7-14-18(9-10)11-8-15-17-6-5-12(19)16-13(11)17/h5-9H,3-4H2,1-2H3,(H,16,19). The van der Waals surface area contributed by atoms with Crippen LogP contribution in [-0.2, 0) is 4.57 Å². The van der Waals surface area contributed by atoms with Crippen molar-refractivity contribution < 1.29 is 4.57 Å². The molecule has 0 radical (unpaired) electrons. The van der Waals surface area contributed by atoms with Crippen molar-refractivity contribution in [3.05, 3.63) is 41.2 Å². The minimum atomic E-state index is -2.37. The SMILES string of the molecule is CCP(=O)(CC)c1cnn(-c2cnn3ccc(=O)[nH]c23)c1. The summed E-state index contributed by atoms with van der Waals surface area (Å²) in [6.07, 6.45) is 7.83. The van der Waals surface area contributed by atoms with Gasteiger partial charge in [0, 0.05) is 30.8 Å². The Morgan fingerprint density at radius 2 is 2.00 bits per heavy atom. The van der Waals surface area contributed by atoms with E-state index in [9.17, 15) is 9.36 Å². The Bertz CT molecular complexity index is 883. The monoisotopic (exact) mass is 305 g/mol. The number of hydrogen-bond donors (Lipinski definition) is 1. The molecule has 0 spiro atoms. The highest BCUT2D eigenvalue weighted by Gasteiger charge is 2.22. The molecule has 1 N–H and O–H groups in total. The van der Waals surface area contributed by atoms with Crippen LogP contribution in [0.3, 0.4) is 0 Å². The van der Waals surface area contributed by atoms with Crippen molar-refractivity contribution in [2.45, 2.75) is 13.8 Å². The Labute approximate surface area is 121 Å². The predicted molar refractivity (Wildman–Crippen MR) is 81.3 cm³/mol. The molecule has 0 unspecified atom stereocenters. The second-order valence-corrected chi connectivity index (χ2v) is 8.35. The van der Waals surface area contributed by atoms with Crippen molar-refractivity contribution in [1.29, 1.82) is 0 Å². The lowest BCUT2D eigenvalue weighted by Crippen LogP contribution is -2.08. The van der Waals surface area contributed by atoms with Gasteiger partial charge in [0.05, 0.1) is 17.7 Å². The molecule has 110 valence electrons. The molecule has 3 aromatic heterocycles. The van der Waals surface area contributed by atoms with Gasteiger partial charge in [-0.05, 0) is 0 Å². The van der Waals surface area contributed by atoms with Crippen LogP contribution < -0.4 is 10.9 Å². The zero-order valence-electron chi connectivity index (χ0n) is 11.9. The molecule has 0 saturated heterocycles. The summed E-state index contributed by atoms with van der Waals surface area (Å²) in [5.74, 6) is 0. The molecule has 0 aromatic carbocycles. The molecule has 3 heterocycles. The van der Waals surface area contributed by atoms with E-state index in [-0.39, 0.29) is 5.56 Å². The molecule has 8 heteroatoms. The molecule has 3 rings (SSSR count). The van der Waals surface area contributed by atoms with Crippen LogP contribution in [0.1, 0.15) is 13.8 Å². The van der Waals surface area contributed by atoms with Crippen LogP contribution in [0.15, 0.2) is 35.6 Å². The first kappa shape index (κ1) is 13.8. The fourth-order valence-electron chi connectivity index (χ4n) is 2.30. The van der Waals surface area contributed by atoms with Crippen molar-refractivity contribution in [2.24, 2.45) is 0 Å². The van der Waals surface area contributed by atoms with Gasteiger partial charge >= 0.3 is 0 Å². The first-order valence-corrected chi connectivity index (χ1v) is 8.85. The molecule has 0 amide bonds. The highest BCUT2D eigenvalue weighted by Crippen LogP contribution is 2.43. The summed E-state index contributed by atoms with van der Waals surface area (Å²) in [5.41, 5.74) is 1.00. The van der Waals surface area contributed by atoms with Gasteiger partial charge in [-0.25, -0.2) is 9.20 Å². The number of H-pyrrole nitrogens is 1. The topological polar surface area (TPSA) is 85.0 Å². The number of rotatable bonds is 4. The summed E-state index contributed by atoms with van der Waals surface area (Å²) in [6, 6.07) is 1.40. The third-order valence-corrected chi connectivity index (χ3v) is 6.91. The van der Waals surface area contributed by atoms with Gasteiger partial charge < -0.3 is 9.55 Å². The third kappa shape index (κ3) is 2.23. The number of nitrogens with one attached hydrogen (secondary N) is 1. The first-order valence-electron chi connectivity index (χ1n) is 6.78. The van der Waals surface area contributed by atoms with E-state index < -0.39 is 7.14 Å². The Morgan fingerprint density at radius 1 is 1.24 bits per heavy atom. The molecule has 0 aliphatic heterocycles. The van der Waals surface area contributed by atoms with Crippen molar-refractivity contribution in [3.8, 4) is 5.69 Å². The highest BCUT2D eigenvalue weighted by atomic mass is 31.2. The van der Waals surface area contributed by atoms with E-state index in [0.29, 0.717) is 23.7 Å². The maximum Gasteiger partial charge on any atom is 0.251 e. The average Bonchev–Trinajstić information content (AvgIpc) is 3.12. The van der Waals surface area contributed by atoms with Gasteiger partial charge in [0.25, 0.3) is 5.56 Å². The van der Waals surface area contributed by atoms with Crippen molar-refractivity contribution >= 4 is 18.1 Å². The van der Waals surface area contributed by atoms with E-state index >= 15 is 0 Å². The lowest BCUT2D eigenvalue weighted by Gasteiger charge is -2.10. The minimum absolute atomic E-state index is 0.204. The minimum Gasteiger partial charge on any atom is -0.319 e. The number of aromatic amines is 1. The first-order chi connectivity index (χ1) is 10.1. The molecule has 3 aromatic rings. The Kier molecular flexibility index (Phi) is 3.29. The summed E-state index contributed by atoms with van der Waals surface area (Å²) in [7, 11) is -2.37. The largest absolute Gasteiger partial charge is 0.319 e. The summed E-state index contributed by atoms with van der Waals surface area (Å²) >= 11 is 0. The van der Waals surface area contributed by atoms with Gasteiger partial charge in [0.2, 0.25) is 0 Å². The molecule has 21 heavy (non-hydrogen) atoms. The summed E-state index contributed by atoms with van der Waals surface area (Å²) < 4.78 is 15.9. The predicted octanol–water partition coefficient (Wildman–Crippen LogP) is 1.24. The van der Waals surface area contributed by atoms with Crippen LogP contribution in [0.25, 0.3) is 11.3 Å². The fourth-order valence-corrected chi connectivity index (χ4v) is 4.06. The Balaban J connectivity index is 2.12. The van der Waals surface area contributed by atoms with E-state index in [1.54, 1.807) is 34.0 Å². The molecule has 0 bridgehead atoms. The van der Waals surface area contributed by atoms with Crippen LogP contribution in [0.4, 0.5) is 0 Å². The molecule has 0 fully saturated rings. The molecular formula is C13H16N5O2P. The van der Waals surface area contributed by atoms with E-state index in [1.165, 1.54) is 6.07 Å². The van der Waals surface area contributed by atoms with E-state index in [2.05, 4.69) is 15.2 Å². The van der Waals surface area contributed by atoms with E-state index in [0.717, 1.165) is 5.30 Å². The molecule has 7 nitrogen and oxygen atoms in total. The normalized spacial score (nSPS) is 12.1.